The van der Waals surface area contributed by atoms with Crippen LogP contribution >= 0.6 is 0 Å². The molecule has 1 fully saturated rings. The third kappa shape index (κ3) is 2.20. The van der Waals surface area contributed by atoms with Crippen LogP contribution in [0.2, 0.25) is 0 Å². The summed E-state index contributed by atoms with van der Waals surface area (Å²) in [6.45, 7) is 5.64. The van der Waals surface area contributed by atoms with Crippen LogP contribution < -0.4 is 5.59 Å². The Bertz CT molecular complexity index is 481. The number of carbonyl (C=O) groups is 2. The zero-order chi connectivity index (χ0) is 13.3. The highest BCUT2D eigenvalue weighted by Gasteiger charge is 2.39. The minimum atomic E-state index is -1.06. The van der Waals surface area contributed by atoms with E-state index in [1.807, 2.05) is 45.0 Å². The van der Waals surface area contributed by atoms with Gasteiger partial charge in [0, 0.05) is 0 Å². The number of nitrogens with zero attached hydrogens (tertiary/aromatic N) is 1. The maximum absolute atomic E-state index is 11.2. The van der Waals surface area contributed by atoms with Gasteiger partial charge in [-0.15, -0.1) is 0 Å². The first-order chi connectivity index (χ1) is 8.41. The van der Waals surface area contributed by atoms with Gasteiger partial charge in [0.05, 0.1) is 5.54 Å². The fourth-order valence-electron chi connectivity index (χ4n) is 1.57. The molecule has 2 rings (SSSR count). The molecule has 1 aromatic rings. The number of hydrogen-bond donors (Lipinski definition) is 1. The van der Waals surface area contributed by atoms with Crippen molar-refractivity contribution in [3.63, 3.8) is 0 Å². The SMILES string of the molecule is Cc1ccc(C(C)(C)N2NOC(=O)C(=O)O2)cc1. The normalized spacial score (nSPS) is 17.3. The van der Waals surface area contributed by atoms with Crippen molar-refractivity contribution in [1.29, 1.82) is 0 Å². The van der Waals surface area contributed by atoms with Gasteiger partial charge >= 0.3 is 11.9 Å². The maximum Gasteiger partial charge on any atom is 0.439 e. The van der Waals surface area contributed by atoms with Crippen molar-refractivity contribution in [3.05, 3.63) is 35.4 Å². The summed E-state index contributed by atoms with van der Waals surface area (Å²) in [5, 5.41) is 1.11. The van der Waals surface area contributed by atoms with Crippen molar-refractivity contribution in [2.24, 2.45) is 0 Å². The quantitative estimate of drug-likeness (QED) is 0.789. The monoisotopic (exact) mass is 250 g/mol. The molecule has 0 amide bonds. The highest BCUT2D eigenvalue weighted by molar-refractivity contribution is 6.29. The number of benzene rings is 1. The lowest BCUT2D eigenvalue weighted by Crippen LogP contribution is -2.56. The molecule has 0 aromatic heterocycles. The van der Waals surface area contributed by atoms with Crippen LogP contribution in [0.4, 0.5) is 0 Å². The van der Waals surface area contributed by atoms with E-state index in [4.69, 9.17) is 4.84 Å². The van der Waals surface area contributed by atoms with Crippen LogP contribution in [-0.2, 0) is 24.8 Å². The Morgan fingerprint density at radius 2 is 1.72 bits per heavy atom. The van der Waals surface area contributed by atoms with Crippen molar-refractivity contribution < 1.29 is 19.3 Å². The van der Waals surface area contributed by atoms with Crippen molar-refractivity contribution in [2.45, 2.75) is 26.3 Å². The van der Waals surface area contributed by atoms with E-state index in [0.717, 1.165) is 16.3 Å². The van der Waals surface area contributed by atoms with E-state index in [-0.39, 0.29) is 0 Å². The molecule has 0 radical (unpaired) electrons. The number of aryl methyl sites for hydroxylation is 1. The van der Waals surface area contributed by atoms with Gasteiger partial charge in [-0.05, 0) is 37.1 Å². The standard InChI is InChI=1S/C12H14N2O4/c1-8-4-6-9(7-5-8)12(2,3)14-13-17-10(15)11(16)18-14/h4-7,13H,1-3H3. The average molecular weight is 250 g/mol. The summed E-state index contributed by atoms with van der Waals surface area (Å²) in [7, 11) is 0. The van der Waals surface area contributed by atoms with Gasteiger partial charge in [0.25, 0.3) is 0 Å². The van der Waals surface area contributed by atoms with E-state index in [1.54, 1.807) is 0 Å². The van der Waals surface area contributed by atoms with Gasteiger partial charge in [0.15, 0.2) is 0 Å². The number of hydrogen-bond acceptors (Lipinski definition) is 6. The summed E-state index contributed by atoms with van der Waals surface area (Å²) in [5.74, 6) is -2.11. The molecule has 0 atom stereocenters. The number of nitrogens with one attached hydrogen (secondary N) is 1. The van der Waals surface area contributed by atoms with Gasteiger partial charge in [-0.2, -0.15) is 0 Å². The summed E-state index contributed by atoms with van der Waals surface area (Å²) in [6.07, 6.45) is 0. The predicted octanol–water partition coefficient (Wildman–Crippen LogP) is 0.967. The second-order valence-electron chi connectivity index (χ2n) is 4.58. The third-order valence-electron chi connectivity index (χ3n) is 2.83. The first kappa shape index (κ1) is 12.5. The molecule has 18 heavy (non-hydrogen) atoms. The summed E-state index contributed by atoms with van der Waals surface area (Å²) in [6, 6.07) is 7.74. The van der Waals surface area contributed by atoms with Gasteiger partial charge in [0.1, 0.15) is 0 Å². The molecule has 0 spiro atoms. The summed E-state index contributed by atoms with van der Waals surface area (Å²) in [5.41, 5.74) is 3.65. The number of hydrazine groups is 1. The van der Waals surface area contributed by atoms with E-state index in [0.29, 0.717) is 0 Å². The molecule has 0 aliphatic carbocycles. The summed E-state index contributed by atoms with van der Waals surface area (Å²) in [4.78, 5) is 31.4. The van der Waals surface area contributed by atoms with Crippen LogP contribution in [0.5, 0.6) is 0 Å². The lowest BCUT2D eigenvalue weighted by molar-refractivity contribution is -0.312. The Morgan fingerprint density at radius 3 is 2.28 bits per heavy atom. The highest BCUT2D eigenvalue weighted by atomic mass is 16.9. The average Bonchev–Trinajstić information content (AvgIpc) is 2.33. The fraction of sp³-hybridized carbons (Fsp3) is 0.333. The van der Waals surface area contributed by atoms with Crippen molar-refractivity contribution in [1.82, 2.24) is 10.8 Å². The Hall–Kier alpha value is -1.92. The van der Waals surface area contributed by atoms with Crippen LogP contribution in [0.15, 0.2) is 24.3 Å². The third-order valence-corrected chi connectivity index (χ3v) is 2.83. The van der Waals surface area contributed by atoms with Crippen LogP contribution in [0.25, 0.3) is 0 Å². The first-order valence-electron chi connectivity index (χ1n) is 5.47. The van der Waals surface area contributed by atoms with Crippen LogP contribution in [-0.4, -0.2) is 17.1 Å². The molecule has 1 N–H and O–H groups in total. The van der Waals surface area contributed by atoms with E-state index in [2.05, 4.69) is 10.4 Å². The number of carbonyl (C=O) groups excluding carboxylic acids is 2. The van der Waals surface area contributed by atoms with Crippen LogP contribution in [0.1, 0.15) is 25.0 Å². The van der Waals surface area contributed by atoms with Gasteiger partial charge in [-0.3, -0.25) is 0 Å². The zero-order valence-electron chi connectivity index (χ0n) is 10.4. The molecule has 0 unspecified atom stereocenters. The van der Waals surface area contributed by atoms with Gasteiger partial charge in [-0.25, -0.2) is 9.59 Å². The molecule has 96 valence electrons. The van der Waals surface area contributed by atoms with E-state index in [1.165, 1.54) is 0 Å². The number of rotatable bonds is 2. The van der Waals surface area contributed by atoms with Crippen LogP contribution in [0, 0.1) is 6.92 Å². The second-order valence-corrected chi connectivity index (χ2v) is 4.58. The van der Waals surface area contributed by atoms with Crippen molar-refractivity contribution >= 4 is 11.9 Å². The van der Waals surface area contributed by atoms with E-state index in [9.17, 15) is 9.59 Å². The van der Waals surface area contributed by atoms with Gasteiger partial charge < -0.3 is 9.68 Å². The smallest absolute Gasteiger partial charge is 0.343 e. The fourth-order valence-corrected chi connectivity index (χ4v) is 1.57. The lowest BCUT2D eigenvalue weighted by Gasteiger charge is -2.37. The number of hydroxylamine groups is 1. The molecule has 1 aliphatic rings. The first-order valence-corrected chi connectivity index (χ1v) is 5.47. The largest absolute Gasteiger partial charge is 0.439 e. The Morgan fingerprint density at radius 1 is 1.11 bits per heavy atom. The minimum Gasteiger partial charge on any atom is -0.343 e. The van der Waals surface area contributed by atoms with E-state index >= 15 is 0 Å². The van der Waals surface area contributed by atoms with E-state index < -0.39 is 17.5 Å². The van der Waals surface area contributed by atoms with Gasteiger partial charge in [-0.1, -0.05) is 29.8 Å². The van der Waals surface area contributed by atoms with Crippen molar-refractivity contribution in [2.75, 3.05) is 0 Å². The summed E-state index contributed by atoms with van der Waals surface area (Å²) >= 11 is 0. The molecular formula is C12H14N2O4. The molecule has 1 heterocycles. The Balaban J connectivity index is 2.23. The van der Waals surface area contributed by atoms with Crippen molar-refractivity contribution in [3.8, 4) is 0 Å². The highest BCUT2D eigenvalue weighted by Crippen LogP contribution is 2.27. The Labute approximate surface area is 104 Å². The molecule has 0 bridgehead atoms. The molecule has 1 saturated heterocycles. The second kappa shape index (κ2) is 4.40. The van der Waals surface area contributed by atoms with Gasteiger partial charge in [0.2, 0.25) is 0 Å². The predicted molar refractivity (Wildman–Crippen MR) is 61.4 cm³/mol. The molecule has 0 saturated carbocycles. The molecule has 1 aliphatic heterocycles. The molecule has 1 aromatic carbocycles. The zero-order valence-corrected chi connectivity index (χ0v) is 10.4. The Kier molecular flexibility index (Phi) is 3.06. The van der Waals surface area contributed by atoms with Crippen LogP contribution in [0.3, 0.4) is 0 Å². The topological polar surface area (TPSA) is 67.9 Å². The minimum absolute atomic E-state index is 0.677. The molecule has 6 nitrogen and oxygen atoms in total. The maximum atomic E-state index is 11.2. The molecule has 6 heteroatoms. The summed E-state index contributed by atoms with van der Waals surface area (Å²) < 4.78 is 0. The molecular weight excluding hydrogens is 236 g/mol. The lowest BCUT2D eigenvalue weighted by atomic mass is 9.94.